The second-order valence-corrected chi connectivity index (χ2v) is 5.38. The number of hydrogen-bond donors (Lipinski definition) is 1. The summed E-state index contributed by atoms with van der Waals surface area (Å²) in [5, 5.41) is 11.1. The Morgan fingerprint density at radius 2 is 2.24 bits per heavy atom. The van der Waals surface area contributed by atoms with Gasteiger partial charge in [-0.3, -0.25) is 4.79 Å². The van der Waals surface area contributed by atoms with Crippen molar-refractivity contribution in [2.75, 3.05) is 0 Å². The lowest BCUT2D eigenvalue weighted by molar-refractivity contribution is -0.141. The van der Waals surface area contributed by atoms with Crippen LogP contribution in [0.2, 0.25) is 5.02 Å². The van der Waals surface area contributed by atoms with E-state index in [1.807, 2.05) is 0 Å². The molecule has 1 N–H and O–H groups in total. The molecule has 1 aliphatic rings. The second-order valence-electron chi connectivity index (χ2n) is 4.06. The molecule has 1 amide bonds. The summed E-state index contributed by atoms with van der Waals surface area (Å²) in [6.07, 6.45) is 1.73. The zero-order valence-electron chi connectivity index (χ0n) is 9.22. The molecule has 6 heteroatoms. The summed E-state index contributed by atoms with van der Waals surface area (Å²) in [4.78, 5) is 25.1. The largest absolute Gasteiger partial charge is 0.480 e. The van der Waals surface area contributed by atoms with E-state index in [-0.39, 0.29) is 11.9 Å². The van der Waals surface area contributed by atoms with Gasteiger partial charge < -0.3 is 10.0 Å². The van der Waals surface area contributed by atoms with Gasteiger partial charge in [0.25, 0.3) is 5.91 Å². The Morgan fingerprint density at radius 1 is 1.59 bits per heavy atom. The topological polar surface area (TPSA) is 57.6 Å². The zero-order chi connectivity index (χ0) is 12.6. The van der Waals surface area contributed by atoms with Crippen molar-refractivity contribution in [3.05, 3.63) is 21.3 Å². The van der Waals surface area contributed by atoms with Crippen LogP contribution in [-0.2, 0) is 4.79 Å². The molecule has 0 spiro atoms. The van der Waals surface area contributed by atoms with E-state index in [1.54, 1.807) is 11.4 Å². The van der Waals surface area contributed by atoms with Crippen molar-refractivity contribution in [3.8, 4) is 0 Å². The molecule has 0 saturated heterocycles. The molecule has 1 aromatic heterocycles. The highest BCUT2D eigenvalue weighted by atomic mass is 35.5. The quantitative estimate of drug-likeness (QED) is 0.917. The molecule has 0 aromatic carbocycles. The van der Waals surface area contributed by atoms with Crippen LogP contribution in [0.5, 0.6) is 0 Å². The Hall–Kier alpha value is -1.07. The standard InChI is InChI=1S/C11H12ClNO3S/c1-6(11(15)16)13(7-2-3-7)10(14)9-8(12)4-5-17-9/h4-7H,2-3H2,1H3,(H,15,16). The lowest BCUT2D eigenvalue weighted by Crippen LogP contribution is -2.44. The first-order valence-corrected chi connectivity index (χ1v) is 6.56. The fourth-order valence-electron chi connectivity index (χ4n) is 1.69. The predicted molar refractivity (Wildman–Crippen MR) is 65.6 cm³/mol. The van der Waals surface area contributed by atoms with Gasteiger partial charge in [-0.05, 0) is 31.2 Å². The number of carbonyl (C=O) groups excluding carboxylic acids is 1. The maximum atomic E-state index is 12.2. The number of hydrogen-bond acceptors (Lipinski definition) is 3. The van der Waals surface area contributed by atoms with E-state index >= 15 is 0 Å². The van der Waals surface area contributed by atoms with Crippen LogP contribution >= 0.6 is 22.9 Å². The van der Waals surface area contributed by atoms with Crippen LogP contribution in [0.4, 0.5) is 0 Å². The third-order valence-corrected chi connectivity index (χ3v) is 4.09. The summed E-state index contributed by atoms with van der Waals surface area (Å²) in [5.41, 5.74) is 0. The summed E-state index contributed by atoms with van der Waals surface area (Å²) in [6.45, 7) is 1.53. The molecule has 17 heavy (non-hydrogen) atoms. The molecule has 92 valence electrons. The number of thiophene rings is 1. The highest BCUT2D eigenvalue weighted by molar-refractivity contribution is 7.12. The van der Waals surface area contributed by atoms with Crippen LogP contribution in [-0.4, -0.2) is 34.0 Å². The van der Waals surface area contributed by atoms with Crippen molar-refractivity contribution in [1.82, 2.24) is 4.90 Å². The smallest absolute Gasteiger partial charge is 0.326 e. The Kier molecular flexibility index (Phi) is 3.40. The van der Waals surface area contributed by atoms with Gasteiger partial charge in [-0.25, -0.2) is 4.79 Å². The average molecular weight is 274 g/mol. The molecule has 1 heterocycles. The number of nitrogens with zero attached hydrogens (tertiary/aromatic N) is 1. The fraction of sp³-hybridized carbons (Fsp3) is 0.455. The molecule has 1 unspecified atom stereocenters. The van der Waals surface area contributed by atoms with Crippen LogP contribution in [0, 0.1) is 0 Å². The van der Waals surface area contributed by atoms with Crippen molar-refractivity contribution < 1.29 is 14.7 Å². The number of amides is 1. The van der Waals surface area contributed by atoms with Gasteiger partial charge >= 0.3 is 5.97 Å². The van der Waals surface area contributed by atoms with E-state index in [9.17, 15) is 9.59 Å². The van der Waals surface area contributed by atoms with E-state index in [0.29, 0.717) is 9.90 Å². The minimum atomic E-state index is -0.988. The van der Waals surface area contributed by atoms with Gasteiger partial charge in [0.15, 0.2) is 0 Å². The molecule has 0 aliphatic heterocycles. The molecule has 1 atom stereocenters. The number of carbonyl (C=O) groups is 2. The molecule has 1 fully saturated rings. The van der Waals surface area contributed by atoms with Crippen LogP contribution in [0.25, 0.3) is 0 Å². The molecule has 0 bridgehead atoms. The number of carboxylic acids is 1. The summed E-state index contributed by atoms with van der Waals surface area (Å²) in [6, 6.07) is 0.885. The van der Waals surface area contributed by atoms with E-state index in [1.165, 1.54) is 23.2 Å². The highest BCUT2D eigenvalue weighted by Gasteiger charge is 2.39. The molecule has 2 rings (SSSR count). The van der Waals surface area contributed by atoms with E-state index in [2.05, 4.69) is 0 Å². The van der Waals surface area contributed by atoms with Gasteiger partial charge in [0.2, 0.25) is 0 Å². The molecule has 1 aromatic rings. The molecular formula is C11H12ClNO3S. The molecule has 1 saturated carbocycles. The van der Waals surface area contributed by atoms with E-state index < -0.39 is 12.0 Å². The lowest BCUT2D eigenvalue weighted by atomic mass is 10.2. The third kappa shape index (κ3) is 2.45. The van der Waals surface area contributed by atoms with Crippen molar-refractivity contribution in [1.29, 1.82) is 0 Å². The normalized spacial score (nSPS) is 16.6. The zero-order valence-corrected chi connectivity index (χ0v) is 10.8. The van der Waals surface area contributed by atoms with Crippen LogP contribution in [0.3, 0.4) is 0 Å². The van der Waals surface area contributed by atoms with Crippen molar-refractivity contribution in [2.24, 2.45) is 0 Å². The minimum Gasteiger partial charge on any atom is -0.480 e. The first kappa shape index (κ1) is 12.4. The number of halogens is 1. The molecule has 1 aliphatic carbocycles. The second kappa shape index (κ2) is 4.66. The number of aliphatic carboxylic acids is 1. The maximum absolute atomic E-state index is 12.2. The third-order valence-electron chi connectivity index (χ3n) is 2.76. The van der Waals surface area contributed by atoms with Gasteiger partial charge in [-0.2, -0.15) is 0 Å². The summed E-state index contributed by atoms with van der Waals surface area (Å²) < 4.78 is 0. The summed E-state index contributed by atoms with van der Waals surface area (Å²) in [5.74, 6) is -1.26. The first-order chi connectivity index (χ1) is 8.02. The lowest BCUT2D eigenvalue weighted by Gasteiger charge is -2.26. The van der Waals surface area contributed by atoms with Gasteiger partial charge in [0, 0.05) is 6.04 Å². The SMILES string of the molecule is CC(C(=O)O)N(C(=O)c1sccc1Cl)C1CC1. The highest BCUT2D eigenvalue weighted by Crippen LogP contribution is 2.33. The molecule has 4 nitrogen and oxygen atoms in total. The van der Waals surface area contributed by atoms with Crippen molar-refractivity contribution in [2.45, 2.75) is 31.8 Å². The van der Waals surface area contributed by atoms with Gasteiger partial charge in [-0.1, -0.05) is 11.6 Å². The number of rotatable bonds is 4. The fourth-order valence-corrected chi connectivity index (χ4v) is 2.77. The maximum Gasteiger partial charge on any atom is 0.326 e. The van der Waals surface area contributed by atoms with Gasteiger partial charge in [-0.15, -0.1) is 11.3 Å². The van der Waals surface area contributed by atoms with Crippen LogP contribution in [0.15, 0.2) is 11.4 Å². The van der Waals surface area contributed by atoms with Crippen molar-refractivity contribution >= 4 is 34.8 Å². The Labute approximate surface area is 108 Å². The van der Waals surface area contributed by atoms with E-state index in [0.717, 1.165) is 12.8 Å². The van der Waals surface area contributed by atoms with Crippen LogP contribution in [0.1, 0.15) is 29.4 Å². The molecule has 0 radical (unpaired) electrons. The summed E-state index contributed by atoms with van der Waals surface area (Å²) in [7, 11) is 0. The number of carboxylic acid groups (broad SMARTS) is 1. The monoisotopic (exact) mass is 273 g/mol. The van der Waals surface area contributed by atoms with Gasteiger partial charge in [0.1, 0.15) is 10.9 Å². The van der Waals surface area contributed by atoms with Crippen LogP contribution < -0.4 is 0 Å². The Morgan fingerprint density at radius 3 is 2.65 bits per heavy atom. The van der Waals surface area contributed by atoms with E-state index in [4.69, 9.17) is 16.7 Å². The predicted octanol–water partition coefficient (Wildman–Crippen LogP) is 2.48. The summed E-state index contributed by atoms with van der Waals surface area (Å²) >= 11 is 7.15. The first-order valence-electron chi connectivity index (χ1n) is 5.31. The van der Waals surface area contributed by atoms with Crippen molar-refractivity contribution in [3.63, 3.8) is 0 Å². The average Bonchev–Trinajstić information content (AvgIpc) is 3.00. The minimum absolute atomic E-state index is 0.0479. The van der Waals surface area contributed by atoms with Gasteiger partial charge in [0.05, 0.1) is 5.02 Å². The Balaban J connectivity index is 2.25. The Bertz CT molecular complexity index is 455. The molecular weight excluding hydrogens is 262 g/mol.